The third-order valence-corrected chi connectivity index (χ3v) is 10.7. The maximum atomic E-state index is 5.25. The molecule has 0 bridgehead atoms. The molecule has 0 N–H and O–H groups in total. The molecule has 50 heavy (non-hydrogen) atoms. The lowest BCUT2D eigenvalue weighted by molar-refractivity contribution is 0.954. The summed E-state index contributed by atoms with van der Waals surface area (Å²) >= 11 is 1.86. The van der Waals surface area contributed by atoms with Gasteiger partial charge in [0.05, 0.1) is 11.0 Å². The van der Waals surface area contributed by atoms with Crippen LogP contribution in [0.25, 0.3) is 93.0 Å². The Labute approximate surface area is 292 Å². The minimum absolute atomic E-state index is 0.588. The Morgan fingerprint density at radius 1 is 0.400 bits per heavy atom. The van der Waals surface area contributed by atoms with Crippen molar-refractivity contribution in [3.8, 4) is 51.0 Å². The van der Waals surface area contributed by atoms with E-state index in [1.165, 1.54) is 47.6 Å². The molecule has 3 heterocycles. The first-order valence-corrected chi connectivity index (χ1v) is 17.5. The van der Waals surface area contributed by atoms with Gasteiger partial charge in [0, 0.05) is 47.6 Å². The van der Waals surface area contributed by atoms with Crippen LogP contribution < -0.4 is 0 Å². The largest absolute Gasteiger partial charge is 0.278 e. The zero-order valence-electron chi connectivity index (χ0n) is 26.9. The first-order valence-electron chi connectivity index (χ1n) is 16.7. The van der Waals surface area contributed by atoms with Gasteiger partial charge in [0.2, 0.25) is 5.95 Å². The molecular weight excluding hydrogens is 629 g/mol. The molecule has 0 fully saturated rings. The number of fused-ring (bicyclic) bond motifs is 7. The van der Waals surface area contributed by atoms with Crippen LogP contribution in [0.1, 0.15) is 0 Å². The topological polar surface area (TPSA) is 43.6 Å². The molecule has 7 aromatic carbocycles. The third-order valence-electron chi connectivity index (χ3n) is 9.47. The summed E-state index contributed by atoms with van der Waals surface area (Å²) in [5.41, 5.74) is 8.70. The summed E-state index contributed by atoms with van der Waals surface area (Å²) in [5.74, 6) is 1.85. The van der Waals surface area contributed by atoms with Crippen molar-refractivity contribution < 1.29 is 0 Å². The maximum Gasteiger partial charge on any atom is 0.238 e. The zero-order chi connectivity index (χ0) is 33.0. The number of thiophene rings is 1. The molecule has 0 spiro atoms. The van der Waals surface area contributed by atoms with Gasteiger partial charge in [-0.15, -0.1) is 11.3 Å². The van der Waals surface area contributed by atoms with Gasteiger partial charge in [-0.1, -0.05) is 152 Å². The van der Waals surface area contributed by atoms with E-state index in [1.54, 1.807) is 0 Å². The lowest BCUT2D eigenvalue weighted by Gasteiger charge is -2.12. The number of hydrogen-bond donors (Lipinski definition) is 0. The number of nitrogens with zero attached hydrogens (tertiary/aromatic N) is 4. The first kappa shape index (κ1) is 28.6. The van der Waals surface area contributed by atoms with Crippen LogP contribution in [0.3, 0.4) is 0 Å². The monoisotopic (exact) mass is 656 g/mol. The Morgan fingerprint density at radius 2 is 0.920 bits per heavy atom. The van der Waals surface area contributed by atoms with E-state index >= 15 is 0 Å². The summed E-state index contributed by atoms with van der Waals surface area (Å²) in [6.07, 6.45) is 0. The number of aromatic nitrogens is 4. The lowest BCUT2D eigenvalue weighted by atomic mass is 9.98. The van der Waals surface area contributed by atoms with E-state index < -0.39 is 0 Å². The SMILES string of the molecule is c1ccc(-c2ccc(-c3nc(-c4ccccc4)nc(-n4c5ccccc5c5c6c(sc7ccccc76)c(-c6ccccc6)cc54)n3)cc2)cc1. The van der Waals surface area contributed by atoms with E-state index in [0.717, 1.165) is 27.7 Å². The van der Waals surface area contributed by atoms with Gasteiger partial charge < -0.3 is 0 Å². The van der Waals surface area contributed by atoms with Crippen molar-refractivity contribution >= 4 is 53.3 Å². The maximum absolute atomic E-state index is 5.25. The van der Waals surface area contributed by atoms with Crippen molar-refractivity contribution in [3.63, 3.8) is 0 Å². The fourth-order valence-electron chi connectivity index (χ4n) is 7.14. The van der Waals surface area contributed by atoms with E-state index in [1.807, 2.05) is 35.6 Å². The summed E-state index contributed by atoms with van der Waals surface area (Å²) in [5, 5.41) is 4.92. The molecule has 234 valence electrons. The fraction of sp³-hybridized carbons (Fsp3) is 0. The van der Waals surface area contributed by atoms with Gasteiger partial charge in [-0.3, -0.25) is 4.57 Å². The van der Waals surface area contributed by atoms with Gasteiger partial charge in [-0.05, 0) is 34.9 Å². The Bertz CT molecular complexity index is 2840. The minimum atomic E-state index is 0.588. The van der Waals surface area contributed by atoms with E-state index in [0.29, 0.717) is 17.6 Å². The van der Waals surface area contributed by atoms with E-state index in [2.05, 4.69) is 150 Å². The third kappa shape index (κ3) is 4.63. The van der Waals surface area contributed by atoms with Gasteiger partial charge in [0.25, 0.3) is 0 Å². The molecule has 0 atom stereocenters. The van der Waals surface area contributed by atoms with Gasteiger partial charge in [0.1, 0.15) is 0 Å². The summed E-state index contributed by atoms with van der Waals surface area (Å²) in [6.45, 7) is 0. The van der Waals surface area contributed by atoms with Crippen molar-refractivity contribution in [2.75, 3.05) is 0 Å². The summed E-state index contributed by atoms with van der Waals surface area (Å²) in [4.78, 5) is 15.5. The van der Waals surface area contributed by atoms with Crippen LogP contribution in [0.15, 0.2) is 170 Å². The zero-order valence-corrected chi connectivity index (χ0v) is 27.7. The molecule has 0 aliphatic rings. The molecule has 0 aliphatic heterocycles. The molecule has 0 radical (unpaired) electrons. The molecule has 4 nitrogen and oxygen atoms in total. The highest BCUT2D eigenvalue weighted by Gasteiger charge is 2.23. The second-order valence-corrected chi connectivity index (χ2v) is 13.5. The number of benzene rings is 7. The molecule has 3 aromatic heterocycles. The van der Waals surface area contributed by atoms with Gasteiger partial charge >= 0.3 is 0 Å². The highest BCUT2D eigenvalue weighted by atomic mass is 32.1. The summed E-state index contributed by atoms with van der Waals surface area (Å²) in [6, 6.07) is 59.5. The molecular formula is C45H28N4S. The van der Waals surface area contributed by atoms with E-state index in [4.69, 9.17) is 15.0 Å². The van der Waals surface area contributed by atoms with Crippen molar-refractivity contribution in [1.29, 1.82) is 0 Å². The van der Waals surface area contributed by atoms with Crippen LogP contribution in [0.2, 0.25) is 0 Å². The lowest BCUT2D eigenvalue weighted by Crippen LogP contribution is -2.06. The number of para-hydroxylation sites is 1. The van der Waals surface area contributed by atoms with E-state index in [-0.39, 0.29) is 0 Å². The number of hydrogen-bond acceptors (Lipinski definition) is 4. The summed E-state index contributed by atoms with van der Waals surface area (Å²) in [7, 11) is 0. The molecule has 0 aliphatic carbocycles. The normalized spacial score (nSPS) is 11.6. The van der Waals surface area contributed by atoms with E-state index in [9.17, 15) is 0 Å². The molecule has 0 saturated heterocycles. The number of rotatable bonds is 5. The van der Waals surface area contributed by atoms with Gasteiger partial charge in [0.15, 0.2) is 11.6 Å². The Kier molecular flexibility index (Phi) is 6.64. The fourth-order valence-corrected chi connectivity index (χ4v) is 8.39. The van der Waals surface area contributed by atoms with Crippen molar-refractivity contribution in [1.82, 2.24) is 19.5 Å². The molecule has 10 rings (SSSR count). The molecule has 10 aromatic rings. The molecule has 0 unspecified atom stereocenters. The summed E-state index contributed by atoms with van der Waals surface area (Å²) < 4.78 is 4.79. The first-order chi connectivity index (χ1) is 24.8. The predicted molar refractivity (Wildman–Crippen MR) is 209 cm³/mol. The highest BCUT2D eigenvalue weighted by molar-refractivity contribution is 7.26. The van der Waals surface area contributed by atoms with Gasteiger partial charge in [-0.25, -0.2) is 4.98 Å². The van der Waals surface area contributed by atoms with Crippen LogP contribution in [-0.4, -0.2) is 19.5 Å². The van der Waals surface area contributed by atoms with Crippen LogP contribution >= 0.6 is 11.3 Å². The van der Waals surface area contributed by atoms with Crippen LogP contribution in [0.4, 0.5) is 0 Å². The predicted octanol–water partition coefficient (Wildman–Crippen LogP) is 12.0. The Balaban J connectivity index is 1.29. The quantitative estimate of drug-likeness (QED) is 0.185. The van der Waals surface area contributed by atoms with Crippen molar-refractivity contribution in [2.24, 2.45) is 0 Å². The average molecular weight is 657 g/mol. The second kappa shape index (κ2) is 11.6. The van der Waals surface area contributed by atoms with Crippen LogP contribution in [0, 0.1) is 0 Å². The molecule has 0 amide bonds. The average Bonchev–Trinajstić information content (AvgIpc) is 3.74. The molecule has 0 saturated carbocycles. The van der Waals surface area contributed by atoms with Crippen molar-refractivity contribution in [2.45, 2.75) is 0 Å². The Morgan fingerprint density at radius 3 is 1.62 bits per heavy atom. The Hall–Kier alpha value is -6.43. The second-order valence-electron chi connectivity index (χ2n) is 12.4. The van der Waals surface area contributed by atoms with Gasteiger partial charge in [-0.2, -0.15) is 9.97 Å². The van der Waals surface area contributed by atoms with Crippen molar-refractivity contribution in [3.05, 3.63) is 170 Å². The smallest absolute Gasteiger partial charge is 0.238 e. The van der Waals surface area contributed by atoms with Crippen LogP contribution in [-0.2, 0) is 0 Å². The minimum Gasteiger partial charge on any atom is -0.278 e. The van der Waals surface area contributed by atoms with Crippen LogP contribution in [0.5, 0.6) is 0 Å². The highest BCUT2D eigenvalue weighted by Crippen LogP contribution is 2.47. The standard InChI is InChI=1S/C45H28N4S/c1-4-14-29(15-5-1)30-24-26-33(27-25-30)44-46-43(32-18-8-3-9-19-32)47-45(48-44)49-37-22-12-10-20-34(37)40-38(49)28-36(31-16-6-2-7-17-31)42-41(40)35-21-11-13-23-39(35)50-42/h1-28H. The molecule has 5 heteroatoms.